The Morgan fingerprint density at radius 1 is 1.00 bits per heavy atom. The van der Waals surface area contributed by atoms with E-state index in [0.717, 1.165) is 33.2 Å². The number of benzene rings is 1. The molecule has 0 aliphatic rings. The number of hydrogen-bond acceptors (Lipinski definition) is 2. The zero-order valence-corrected chi connectivity index (χ0v) is 11.4. The number of aromatic nitrogens is 3. The van der Waals surface area contributed by atoms with E-state index < -0.39 is 0 Å². The van der Waals surface area contributed by atoms with Crippen molar-refractivity contribution in [1.82, 2.24) is 15.0 Å². The smallest absolute Gasteiger partial charge is 0.159 e. The molecule has 3 heterocycles. The van der Waals surface area contributed by atoms with Crippen molar-refractivity contribution in [2.75, 3.05) is 0 Å². The number of aromatic amines is 1. The summed E-state index contributed by atoms with van der Waals surface area (Å²) in [6.07, 6.45) is 1.81. The van der Waals surface area contributed by atoms with Gasteiger partial charge in [0, 0.05) is 22.5 Å². The quantitative estimate of drug-likeness (QED) is 0.566. The van der Waals surface area contributed by atoms with E-state index in [2.05, 4.69) is 21.0 Å². The van der Waals surface area contributed by atoms with E-state index in [1.807, 2.05) is 25.1 Å². The van der Waals surface area contributed by atoms with Crippen LogP contribution in [-0.4, -0.2) is 15.0 Å². The van der Waals surface area contributed by atoms with Gasteiger partial charge in [0.15, 0.2) is 5.65 Å². The SMILES string of the molecule is Cc1cnc2nc(-c3cc4ccc(F)cc4[nH]3)ccc2c1. The molecule has 3 aromatic heterocycles. The van der Waals surface area contributed by atoms with E-state index in [0.29, 0.717) is 5.65 Å². The number of halogens is 1. The van der Waals surface area contributed by atoms with Crippen LogP contribution in [0, 0.1) is 12.7 Å². The molecule has 1 aromatic carbocycles. The molecule has 4 heteroatoms. The topological polar surface area (TPSA) is 41.6 Å². The molecule has 3 nitrogen and oxygen atoms in total. The average molecular weight is 277 g/mol. The minimum atomic E-state index is -0.250. The summed E-state index contributed by atoms with van der Waals surface area (Å²) in [5.41, 5.74) is 4.25. The lowest BCUT2D eigenvalue weighted by Gasteiger charge is -2.01. The van der Waals surface area contributed by atoms with Crippen LogP contribution in [0.3, 0.4) is 0 Å². The lowest BCUT2D eigenvalue weighted by Crippen LogP contribution is -1.88. The molecular weight excluding hydrogens is 265 g/mol. The summed E-state index contributed by atoms with van der Waals surface area (Å²) in [5.74, 6) is -0.250. The van der Waals surface area contributed by atoms with Crippen molar-refractivity contribution < 1.29 is 4.39 Å². The monoisotopic (exact) mass is 277 g/mol. The Bertz CT molecular complexity index is 972. The number of fused-ring (bicyclic) bond motifs is 2. The highest BCUT2D eigenvalue weighted by Crippen LogP contribution is 2.24. The number of aryl methyl sites for hydroxylation is 1. The summed E-state index contributed by atoms with van der Waals surface area (Å²) in [6, 6.07) is 12.7. The van der Waals surface area contributed by atoms with Crippen molar-refractivity contribution in [3.63, 3.8) is 0 Å². The fourth-order valence-corrected chi connectivity index (χ4v) is 2.51. The predicted molar refractivity (Wildman–Crippen MR) is 81.5 cm³/mol. The van der Waals surface area contributed by atoms with Crippen molar-refractivity contribution >= 4 is 21.9 Å². The summed E-state index contributed by atoms with van der Waals surface area (Å²) in [6.45, 7) is 2.01. The van der Waals surface area contributed by atoms with Gasteiger partial charge in [0.25, 0.3) is 0 Å². The molecule has 0 atom stereocenters. The fourth-order valence-electron chi connectivity index (χ4n) is 2.51. The van der Waals surface area contributed by atoms with Gasteiger partial charge in [-0.25, -0.2) is 14.4 Å². The zero-order chi connectivity index (χ0) is 14.4. The van der Waals surface area contributed by atoms with Gasteiger partial charge in [-0.3, -0.25) is 0 Å². The van der Waals surface area contributed by atoms with E-state index in [1.165, 1.54) is 12.1 Å². The highest BCUT2D eigenvalue weighted by Gasteiger charge is 2.07. The van der Waals surface area contributed by atoms with Crippen molar-refractivity contribution in [1.29, 1.82) is 0 Å². The fraction of sp³-hybridized carbons (Fsp3) is 0.0588. The molecule has 4 rings (SSSR count). The number of nitrogens with one attached hydrogen (secondary N) is 1. The molecule has 0 amide bonds. The number of nitrogens with zero attached hydrogens (tertiary/aromatic N) is 2. The molecule has 0 aliphatic heterocycles. The molecule has 0 fully saturated rings. The van der Waals surface area contributed by atoms with Crippen molar-refractivity contribution in [2.45, 2.75) is 6.92 Å². The van der Waals surface area contributed by atoms with Gasteiger partial charge in [-0.1, -0.05) is 0 Å². The maximum absolute atomic E-state index is 13.2. The van der Waals surface area contributed by atoms with Gasteiger partial charge in [-0.05, 0) is 55.0 Å². The maximum Gasteiger partial charge on any atom is 0.159 e. The number of H-pyrrole nitrogens is 1. The first kappa shape index (κ1) is 12.0. The van der Waals surface area contributed by atoms with Gasteiger partial charge in [0.1, 0.15) is 5.82 Å². The second-order valence-corrected chi connectivity index (χ2v) is 5.17. The Morgan fingerprint density at radius 3 is 2.76 bits per heavy atom. The summed E-state index contributed by atoms with van der Waals surface area (Å²) >= 11 is 0. The van der Waals surface area contributed by atoms with Crippen molar-refractivity contribution in [3.05, 3.63) is 60.0 Å². The molecular formula is C17H12FN3. The van der Waals surface area contributed by atoms with Crippen LogP contribution >= 0.6 is 0 Å². The molecule has 0 aliphatic carbocycles. The van der Waals surface area contributed by atoms with Crippen LogP contribution in [0.4, 0.5) is 4.39 Å². The van der Waals surface area contributed by atoms with Crippen LogP contribution < -0.4 is 0 Å². The summed E-state index contributed by atoms with van der Waals surface area (Å²) in [4.78, 5) is 12.1. The third-order valence-electron chi connectivity index (χ3n) is 3.54. The van der Waals surface area contributed by atoms with E-state index >= 15 is 0 Å². The minimum Gasteiger partial charge on any atom is -0.353 e. The number of rotatable bonds is 1. The van der Waals surface area contributed by atoms with E-state index in [9.17, 15) is 4.39 Å². The zero-order valence-electron chi connectivity index (χ0n) is 11.4. The first-order valence-corrected chi connectivity index (χ1v) is 6.71. The van der Waals surface area contributed by atoms with Crippen LogP contribution in [0.2, 0.25) is 0 Å². The number of hydrogen-bond donors (Lipinski definition) is 1. The molecule has 0 spiro atoms. The highest BCUT2D eigenvalue weighted by molar-refractivity contribution is 5.86. The first-order valence-electron chi connectivity index (χ1n) is 6.71. The highest BCUT2D eigenvalue weighted by atomic mass is 19.1. The number of pyridine rings is 2. The summed E-state index contributed by atoms with van der Waals surface area (Å²) < 4.78 is 13.2. The molecule has 0 saturated heterocycles. The molecule has 0 saturated carbocycles. The largest absolute Gasteiger partial charge is 0.353 e. The van der Waals surface area contributed by atoms with E-state index in [1.54, 1.807) is 12.3 Å². The van der Waals surface area contributed by atoms with Crippen LogP contribution in [-0.2, 0) is 0 Å². The molecule has 102 valence electrons. The van der Waals surface area contributed by atoms with E-state index in [4.69, 9.17) is 0 Å². The second kappa shape index (κ2) is 4.38. The Hall–Kier alpha value is -2.75. The molecule has 1 N–H and O–H groups in total. The molecule has 0 radical (unpaired) electrons. The third kappa shape index (κ3) is 2.05. The third-order valence-corrected chi connectivity index (χ3v) is 3.54. The van der Waals surface area contributed by atoms with Gasteiger partial charge in [0.05, 0.1) is 11.4 Å². The summed E-state index contributed by atoms with van der Waals surface area (Å²) in [7, 11) is 0. The van der Waals surface area contributed by atoms with Gasteiger partial charge in [0.2, 0.25) is 0 Å². The lowest BCUT2D eigenvalue weighted by atomic mass is 10.2. The first-order chi connectivity index (χ1) is 10.2. The van der Waals surface area contributed by atoms with Crippen LogP contribution in [0.15, 0.2) is 48.7 Å². The Morgan fingerprint density at radius 2 is 1.86 bits per heavy atom. The van der Waals surface area contributed by atoms with E-state index in [-0.39, 0.29) is 5.82 Å². The minimum absolute atomic E-state index is 0.250. The van der Waals surface area contributed by atoms with Crippen molar-refractivity contribution in [3.8, 4) is 11.4 Å². The van der Waals surface area contributed by atoms with Crippen LogP contribution in [0.25, 0.3) is 33.3 Å². The standard InChI is InChI=1S/C17H12FN3/c1-10-6-12-3-5-14(21-17(12)19-9-10)16-7-11-2-4-13(18)8-15(11)20-16/h2-9,20H,1H3. The predicted octanol–water partition coefficient (Wildman–Crippen LogP) is 4.23. The maximum atomic E-state index is 13.2. The van der Waals surface area contributed by atoms with Gasteiger partial charge >= 0.3 is 0 Å². The lowest BCUT2D eigenvalue weighted by molar-refractivity contribution is 0.629. The summed E-state index contributed by atoms with van der Waals surface area (Å²) in [5, 5.41) is 1.98. The molecule has 4 aromatic rings. The second-order valence-electron chi connectivity index (χ2n) is 5.17. The van der Waals surface area contributed by atoms with Crippen LogP contribution in [0.1, 0.15) is 5.56 Å². The Labute approximate surface area is 120 Å². The Balaban J connectivity index is 1.89. The molecule has 0 bridgehead atoms. The van der Waals surface area contributed by atoms with Crippen LogP contribution in [0.5, 0.6) is 0 Å². The normalized spacial score (nSPS) is 11.3. The van der Waals surface area contributed by atoms with Gasteiger partial charge in [-0.15, -0.1) is 0 Å². The molecule has 0 unspecified atom stereocenters. The Kier molecular flexibility index (Phi) is 2.51. The van der Waals surface area contributed by atoms with Gasteiger partial charge < -0.3 is 4.98 Å². The van der Waals surface area contributed by atoms with Crippen molar-refractivity contribution in [2.24, 2.45) is 0 Å². The molecule has 21 heavy (non-hydrogen) atoms. The van der Waals surface area contributed by atoms with Gasteiger partial charge in [-0.2, -0.15) is 0 Å². The average Bonchev–Trinajstić information content (AvgIpc) is 2.89.